The molecular formula is C54H22F6N6O4S5. The SMILES string of the molecule is [C-]#[N+]C([N+]#[C-])=C1/C(=C/c2cc3c(s2)-c2sc(-c4c(F)c(F)c(-c5cc6c(s5)-c5sc(/C=C7\C(=O)c8cc(F)c(F)cc8C7=C(C#N)C#N)cc5C(C)(C)O6)c5nsnc45)cc2C(C)(C)O3)C(=O)c2cc(F)c(F)cc21. The molecule has 0 fully saturated rings. The van der Waals surface area contributed by atoms with Crippen molar-refractivity contribution in [2.45, 2.75) is 38.9 Å². The lowest BCUT2D eigenvalue weighted by molar-refractivity contribution is 0.103. The standard InChI is InChI=1S/C54H22F6N6O4S5/c1-53(2)28-9-20(7-26-38(19(17-61)18-62)22-11-30(55)32(57)13-24(22)46(26)67)71-48(28)51-35(70-53)16-37(74-51)41-43(60)42(59)40(44-45(41)66-75-65-44)36-15-29-49(73-36)50-34(69-54(29,3)4)10-21(72-50)8-27-39(52(63-5)64-6)23-12-31(56)33(58)14-25(23)47(27)68/h7-16H,1-4H3/b26-7-,27-8-. The highest BCUT2D eigenvalue weighted by atomic mass is 32.1. The van der Waals surface area contributed by atoms with E-state index < -0.39 is 69.1 Å². The summed E-state index contributed by atoms with van der Waals surface area (Å²) in [6.45, 7) is 22.4. The minimum Gasteiger partial charge on any atom is -0.482 e. The molecule has 0 atom stereocenters. The Labute approximate surface area is 439 Å². The number of carbonyl (C=O) groups is 2. The Morgan fingerprint density at radius 3 is 1.56 bits per heavy atom. The molecule has 0 amide bonds. The van der Waals surface area contributed by atoms with E-state index in [1.54, 1.807) is 64.1 Å². The molecule has 0 spiro atoms. The van der Waals surface area contributed by atoms with E-state index in [9.17, 15) is 37.7 Å². The molecule has 0 N–H and O–H groups in total. The number of nitriles is 2. The van der Waals surface area contributed by atoms with Gasteiger partial charge in [-0.05, 0) is 99.5 Å². The molecule has 0 saturated carbocycles. The quantitative estimate of drug-likeness (QED) is 0.0736. The summed E-state index contributed by atoms with van der Waals surface area (Å²) in [5.74, 6) is -8.61. The third-order valence-electron chi connectivity index (χ3n) is 13.1. The zero-order valence-corrected chi connectivity index (χ0v) is 42.5. The van der Waals surface area contributed by atoms with Gasteiger partial charge in [0.1, 0.15) is 64.6 Å². The fourth-order valence-corrected chi connectivity index (χ4v) is 15.4. The Bertz CT molecular complexity index is 4350. The van der Waals surface area contributed by atoms with Gasteiger partial charge in [0.05, 0.1) is 47.9 Å². The molecule has 2 aliphatic heterocycles. The van der Waals surface area contributed by atoms with Crippen LogP contribution in [-0.2, 0) is 11.2 Å². The molecule has 364 valence electrons. The van der Waals surface area contributed by atoms with E-state index in [0.717, 1.165) is 58.7 Å². The molecule has 0 unspecified atom stereocenters. The molecule has 12 rings (SSSR count). The summed E-state index contributed by atoms with van der Waals surface area (Å²) in [4.78, 5) is 37.9. The van der Waals surface area contributed by atoms with Crippen molar-refractivity contribution in [1.29, 1.82) is 10.5 Å². The van der Waals surface area contributed by atoms with Gasteiger partial charge in [0, 0.05) is 58.5 Å². The van der Waals surface area contributed by atoms with Crippen molar-refractivity contribution in [3.63, 3.8) is 0 Å². The van der Waals surface area contributed by atoms with Gasteiger partial charge in [0.2, 0.25) is 0 Å². The van der Waals surface area contributed by atoms with E-state index in [-0.39, 0.29) is 71.6 Å². The summed E-state index contributed by atoms with van der Waals surface area (Å²) < 4.78 is 114. The van der Waals surface area contributed by atoms with Crippen molar-refractivity contribution < 1.29 is 45.4 Å². The van der Waals surface area contributed by atoms with Crippen LogP contribution in [0.1, 0.15) is 80.4 Å². The highest BCUT2D eigenvalue weighted by Gasteiger charge is 2.42. The van der Waals surface area contributed by atoms with Crippen molar-refractivity contribution >= 4 is 103 Å². The molecule has 0 saturated heterocycles. The third-order valence-corrected chi connectivity index (χ3v) is 18.4. The van der Waals surface area contributed by atoms with Crippen molar-refractivity contribution in [3.05, 3.63) is 172 Å². The second-order valence-corrected chi connectivity index (χ2v) is 23.0. The second-order valence-electron chi connectivity index (χ2n) is 18.2. The molecule has 8 aromatic rings. The number of fused-ring (bicyclic) bond motifs is 9. The lowest BCUT2D eigenvalue weighted by Gasteiger charge is -2.31. The Kier molecular flexibility index (Phi) is 10.6. The molecule has 21 heteroatoms. The lowest BCUT2D eigenvalue weighted by Crippen LogP contribution is -2.27. The smallest absolute Gasteiger partial charge is 0.482 e. The van der Waals surface area contributed by atoms with Crippen LogP contribution in [0.25, 0.3) is 84.4 Å². The first kappa shape index (κ1) is 47.7. The van der Waals surface area contributed by atoms with Crippen LogP contribution in [0.15, 0.2) is 71.1 Å². The topological polar surface area (TPSA) is 135 Å². The number of carbonyl (C=O) groups excluding carboxylic acids is 2. The number of halogens is 6. The molecular weight excluding hydrogens is 1070 g/mol. The van der Waals surface area contributed by atoms with Crippen LogP contribution in [0.2, 0.25) is 0 Å². The molecule has 2 aliphatic carbocycles. The van der Waals surface area contributed by atoms with Crippen molar-refractivity contribution in [2.24, 2.45) is 0 Å². The first-order chi connectivity index (χ1) is 35.8. The molecule has 0 radical (unpaired) electrons. The van der Waals surface area contributed by atoms with E-state index in [1.165, 1.54) is 34.8 Å². The van der Waals surface area contributed by atoms with Gasteiger partial charge in [-0.1, -0.05) is 0 Å². The molecule has 0 bridgehead atoms. The van der Waals surface area contributed by atoms with Crippen LogP contribution in [0.5, 0.6) is 11.5 Å². The molecule has 5 aromatic heterocycles. The van der Waals surface area contributed by atoms with Gasteiger partial charge < -0.3 is 9.47 Å². The number of ether oxygens (including phenoxy) is 2. The predicted octanol–water partition coefficient (Wildman–Crippen LogP) is 15.6. The Balaban J connectivity index is 0.931. The number of ketones is 2. The van der Waals surface area contributed by atoms with Crippen molar-refractivity contribution in [1.82, 2.24) is 8.75 Å². The highest BCUT2D eigenvalue weighted by molar-refractivity contribution is 7.25. The summed E-state index contributed by atoms with van der Waals surface area (Å²) in [5, 5.41) is 19.6. The summed E-state index contributed by atoms with van der Waals surface area (Å²) in [6, 6.07) is 13.3. The fraction of sp³-hybridized carbons (Fsp3) is 0.111. The van der Waals surface area contributed by atoms with Gasteiger partial charge in [0.25, 0.3) is 0 Å². The summed E-state index contributed by atoms with van der Waals surface area (Å²) in [7, 11) is 0. The van der Waals surface area contributed by atoms with Gasteiger partial charge in [-0.15, -0.1) is 45.3 Å². The second kappa shape index (κ2) is 16.6. The molecule has 7 heterocycles. The predicted molar refractivity (Wildman–Crippen MR) is 273 cm³/mol. The minimum atomic E-state index is -1.27. The van der Waals surface area contributed by atoms with Crippen molar-refractivity contribution in [2.75, 3.05) is 0 Å². The summed E-state index contributed by atoms with van der Waals surface area (Å²) >= 11 is 5.44. The first-order valence-electron chi connectivity index (χ1n) is 21.9. The maximum Gasteiger partial charge on any atom is 0.528 e. The van der Waals surface area contributed by atoms with Gasteiger partial charge in [-0.2, -0.15) is 29.0 Å². The lowest BCUT2D eigenvalue weighted by atomic mass is 9.94. The monoisotopic (exact) mass is 1090 g/mol. The van der Waals surface area contributed by atoms with E-state index in [0.29, 0.717) is 56.8 Å². The Morgan fingerprint density at radius 1 is 0.587 bits per heavy atom. The largest absolute Gasteiger partial charge is 0.528 e. The number of rotatable bonds is 4. The van der Waals surface area contributed by atoms with E-state index in [4.69, 9.17) is 22.6 Å². The van der Waals surface area contributed by atoms with Crippen LogP contribution >= 0.6 is 57.1 Å². The van der Waals surface area contributed by atoms with E-state index in [2.05, 4.69) is 18.4 Å². The van der Waals surface area contributed by atoms with Gasteiger partial charge in [0.15, 0.2) is 46.5 Å². The number of aromatic nitrogens is 2. The minimum absolute atomic E-state index is 0.0785. The molecule has 10 nitrogen and oxygen atoms in total. The molecule has 75 heavy (non-hydrogen) atoms. The first-order valence-corrected chi connectivity index (χ1v) is 25.9. The maximum absolute atomic E-state index is 17.1. The molecule has 3 aromatic carbocycles. The highest BCUT2D eigenvalue weighted by Crippen LogP contribution is 2.59. The average Bonchev–Trinajstić information content (AvgIpc) is 4.25. The summed E-state index contributed by atoms with van der Waals surface area (Å²) in [6.07, 6.45) is 2.88. The number of allylic oxidation sites excluding steroid dienone is 5. The van der Waals surface area contributed by atoms with E-state index >= 15 is 8.78 Å². The van der Waals surface area contributed by atoms with Gasteiger partial charge in [-0.25, -0.2) is 26.3 Å². The van der Waals surface area contributed by atoms with Crippen LogP contribution in [-0.4, -0.2) is 20.3 Å². The number of benzene rings is 3. The average molecular weight is 1090 g/mol. The van der Waals surface area contributed by atoms with Crippen LogP contribution in [0.4, 0.5) is 26.3 Å². The zero-order chi connectivity index (χ0) is 52.9. The van der Waals surface area contributed by atoms with Crippen LogP contribution < -0.4 is 9.47 Å². The zero-order valence-electron chi connectivity index (χ0n) is 38.4. The molecule has 4 aliphatic rings. The fourth-order valence-electron chi connectivity index (χ4n) is 9.74. The van der Waals surface area contributed by atoms with Crippen LogP contribution in [0.3, 0.4) is 0 Å². The number of thiophene rings is 4. The number of Topliss-reactive ketones (excluding diaryl/α,β-unsaturated/α-hetero) is 2. The Hall–Kier alpha value is -8.28. The number of nitrogens with zero attached hydrogens (tertiary/aromatic N) is 6. The van der Waals surface area contributed by atoms with Gasteiger partial charge >= 0.3 is 5.82 Å². The number of hydrogen-bond donors (Lipinski definition) is 0. The number of hydrogen-bond acceptors (Lipinski definition) is 13. The van der Waals surface area contributed by atoms with Gasteiger partial charge in [-0.3, -0.25) is 9.59 Å². The maximum atomic E-state index is 17.1. The van der Waals surface area contributed by atoms with Crippen LogP contribution in [0, 0.1) is 70.7 Å². The summed E-state index contributed by atoms with van der Waals surface area (Å²) in [5.41, 5.74) is -2.37. The normalized spacial score (nSPS) is 16.3. The Morgan fingerprint density at radius 2 is 1.01 bits per heavy atom. The third kappa shape index (κ3) is 6.97. The van der Waals surface area contributed by atoms with Crippen molar-refractivity contribution in [3.8, 4) is 64.0 Å². The van der Waals surface area contributed by atoms with E-state index in [1.807, 2.05) is 0 Å².